The van der Waals surface area contributed by atoms with E-state index in [1.54, 1.807) is 11.3 Å². The smallest absolute Gasteiger partial charge is 0.0678 e. The molecule has 1 saturated heterocycles. The molecule has 1 aromatic rings. The first-order valence-electron chi connectivity index (χ1n) is 6.83. The summed E-state index contributed by atoms with van der Waals surface area (Å²) in [4.78, 5) is 2.50. The van der Waals surface area contributed by atoms with Crippen molar-refractivity contribution in [3.05, 3.63) is 22.4 Å². The number of rotatable bonds is 6. The number of nitrogens with zero attached hydrogens (tertiary/aromatic N) is 1. The number of hydrogen-bond acceptors (Lipinski definition) is 4. The van der Waals surface area contributed by atoms with Crippen LogP contribution in [0.4, 0.5) is 0 Å². The maximum absolute atomic E-state index is 5.73. The lowest BCUT2D eigenvalue weighted by molar-refractivity contribution is -0.0674. The molecule has 1 N–H and O–H groups in total. The molecule has 0 bridgehead atoms. The van der Waals surface area contributed by atoms with Gasteiger partial charge in [0.25, 0.3) is 0 Å². The Balaban J connectivity index is 1.55. The fourth-order valence-corrected chi connectivity index (χ4v) is 3.20. The number of hydrogen-bond donors (Lipinski definition) is 1. The third-order valence-corrected chi connectivity index (χ3v) is 4.00. The van der Waals surface area contributed by atoms with Crippen molar-refractivity contribution < 1.29 is 4.74 Å². The zero-order valence-electron chi connectivity index (χ0n) is 11.4. The van der Waals surface area contributed by atoms with Crippen LogP contribution in [0.15, 0.2) is 16.8 Å². The highest BCUT2D eigenvalue weighted by molar-refractivity contribution is 7.07. The van der Waals surface area contributed by atoms with Gasteiger partial charge in [-0.25, -0.2) is 0 Å². The van der Waals surface area contributed by atoms with E-state index in [4.69, 9.17) is 4.74 Å². The first kappa shape index (κ1) is 14.0. The molecule has 0 saturated carbocycles. The van der Waals surface area contributed by atoms with E-state index in [9.17, 15) is 0 Å². The molecule has 0 radical (unpaired) electrons. The molecule has 1 fully saturated rings. The summed E-state index contributed by atoms with van der Waals surface area (Å²) in [6, 6.07) is 2.21. The maximum Gasteiger partial charge on any atom is 0.0678 e. The standard InChI is InChI=1S/C14H24N2OS/c1-12-9-16(10-13(2)17-12)7-6-15-5-3-14-4-8-18-11-14/h4,8,11-13,15H,3,5-7,9-10H2,1-2H3. The molecule has 2 unspecified atom stereocenters. The SMILES string of the molecule is CC1CN(CCNCCc2ccsc2)CC(C)O1. The molecule has 2 heterocycles. The van der Waals surface area contributed by atoms with Crippen molar-refractivity contribution >= 4 is 11.3 Å². The molecule has 3 nitrogen and oxygen atoms in total. The van der Waals surface area contributed by atoms with Crippen LogP contribution in [0.3, 0.4) is 0 Å². The Morgan fingerprint density at radius 2 is 2.11 bits per heavy atom. The lowest BCUT2D eigenvalue weighted by Crippen LogP contribution is -2.47. The van der Waals surface area contributed by atoms with Crippen molar-refractivity contribution in [3.8, 4) is 0 Å². The minimum absolute atomic E-state index is 0.375. The second-order valence-corrected chi connectivity index (χ2v) is 5.93. The summed E-state index contributed by atoms with van der Waals surface area (Å²) in [5, 5.41) is 7.90. The Morgan fingerprint density at radius 1 is 1.33 bits per heavy atom. The van der Waals surface area contributed by atoms with Gasteiger partial charge >= 0.3 is 0 Å². The quantitative estimate of drug-likeness (QED) is 0.799. The monoisotopic (exact) mass is 268 g/mol. The van der Waals surface area contributed by atoms with Crippen LogP contribution in [0, 0.1) is 0 Å². The highest BCUT2D eigenvalue weighted by atomic mass is 32.1. The summed E-state index contributed by atoms with van der Waals surface area (Å²) in [7, 11) is 0. The second-order valence-electron chi connectivity index (χ2n) is 5.15. The lowest BCUT2D eigenvalue weighted by Gasteiger charge is -2.35. The van der Waals surface area contributed by atoms with E-state index in [1.165, 1.54) is 5.56 Å². The van der Waals surface area contributed by atoms with Gasteiger partial charge in [0.2, 0.25) is 0 Å². The van der Waals surface area contributed by atoms with E-state index in [1.807, 2.05) is 0 Å². The lowest BCUT2D eigenvalue weighted by atomic mass is 10.2. The molecule has 18 heavy (non-hydrogen) atoms. The van der Waals surface area contributed by atoms with E-state index in [2.05, 4.69) is 40.9 Å². The molecule has 1 aliphatic heterocycles. The van der Waals surface area contributed by atoms with E-state index in [0.29, 0.717) is 12.2 Å². The van der Waals surface area contributed by atoms with Gasteiger partial charge in [0.05, 0.1) is 12.2 Å². The first-order chi connectivity index (χ1) is 8.74. The molecular weight excluding hydrogens is 244 g/mol. The molecule has 2 rings (SSSR count). The van der Waals surface area contributed by atoms with Gasteiger partial charge in [-0.3, -0.25) is 4.90 Å². The summed E-state index contributed by atoms with van der Waals surface area (Å²) >= 11 is 1.78. The Hall–Kier alpha value is -0.420. The van der Waals surface area contributed by atoms with E-state index in [0.717, 1.165) is 39.1 Å². The van der Waals surface area contributed by atoms with Crippen LogP contribution < -0.4 is 5.32 Å². The Labute approximate surface area is 114 Å². The molecule has 1 aliphatic rings. The van der Waals surface area contributed by atoms with Crippen molar-refractivity contribution in [2.24, 2.45) is 0 Å². The average molecular weight is 268 g/mol. The van der Waals surface area contributed by atoms with Gasteiger partial charge < -0.3 is 10.1 Å². The minimum Gasteiger partial charge on any atom is -0.373 e. The van der Waals surface area contributed by atoms with Gasteiger partial charge in [-0.1, -0.05) is 0 Å². The zero-order chi connectivity index (χ0) is 12.8. The van der Waals surface area contributed by atoms with Crippen molar-refractivity contribution in [3.63, 3.8) is 0 Å². The third-order valence-electron chi connectivity index (χ3n) is 3.27. The summed E-state index contributed by atoms with van der Waals surface area (Å²) in [6.45, 7) is 9.73. The number of morpholine rings is 1. The van der Waals surface area contributed by atoms with Gasteiger partial charge in [0.15, 0.2) is 0 Å². The Bertz CT molecular complexity index is 319. The molecule has 2 atom stereocenters. The predicted molar refractivity (Wildman–Crippen MR) is 77.3 cm³/mol. The van der Waals surface area contributed by atoms with Crippen molar-refractivity contribution in [2.45, 2.75) is 32.5 Å². The van der Waals surface area contributed by atoms with Crippen LogP contribution in [0.1, 0.15) is 19.4 Å². The molecule has 102 valence electrons. The van der Waals surface area contributed by atoms with Crippen LogP contribution in [-0.2, 0) is 11.2 Å². The zero-order valence-corrected chi connectivity index (χ0v) is 12.2. The van der Waals surface area contributed by atoms with Crippen LogP contribution in [0.2, 0.25) is 0 Å². The van der Waals surface area contributed by atoms with Crippen LogP contribution in [-0.4, -0.2) is 49.8 Å². The van der Waals surface area contributed by atoms with E-state index in [-0.39, 0.29) is 0 Å². The van der Waals surface area contributed by atoms with Crippen molar-refractivity contribution in [1.82, 2.24) is 10.2 Å². The third kappa shape index (κ3) is 4.69. The largest absolute Gasteiger partial charge is 0.373 e. The van der Waals surface area contributed by atoms with Gasteiger partial charge in [-0.2, -0.15) is 11.3 Å². The maximum atomic E-state index is 5.73. The van der Waals surface area contributed by atoms with Crippen LogP contribution in [0.25, 0.3) is 0 Å². The van der Waals surface area contributed by atoms with Crippen LogP contribution >= 0.6 is 11.3 Å². The molecule has 0 aromatic carbocycles. The number of thiophene rings is 1. The second kappa shape index (κ2) is 7.24. The average Bonchev–Trinajstić information content (AvgIpc) is 2.80. The topological polar surface area (TPSA) is 24.5 Å². The molecular formula is C14H24N2OS. The number of ether oxygens (including phenoxy) is 1. The minimum atomic E-state index is 0.375. The fraction of sp³-hybridized carbons (Fsp3) is 0.714. The highest BCUT2D eigenvalue weighted by Gasteiger charge is 2.21. The first-order valence-corrected chi connectivity index (χ1v) is 7.78. The van der Waals surface area contributed by atoms with E-state index >= 15 is 0 Å². The van der Waals surface area contributed by atoms with E-state index < -0.39 is 0 Å². The molecule has 0 amide bonds. The van der Waals surface area contributed by atoms with Crippen molar-refractivity contribution in [1.29, 1.82) is 0 Å². The normalized spacial score (nSPS) is 25.4. The van der Waals surface area contributed by atoms with Gasteiger partial charge in [0, 0.05) is 26.2 Å². The summed E-state index contributed by atoms with van der Waals surface area (Å²) in [6.07, 6.45) is 1.89. The highest BCUT2D eigenvalue weighted by Crippen LogP contribution is 2.09. The van der Waals surface area contributed by atoms with Crippen LogP contribution in [0.5, 0.6) is 0 Å². The Kier molecular flexibility index (Phi) is 5.63. The summed E-state index contributed by atoms with van der Waals surface area (Å²) in [5.41, 5.74) is 1.45. The predicted octanol–water partition coefficient (Wildman–Crippen LogP) is 1.99. The Morgan fingerprint density at radius 3 is 2.78 bits per heavy atom. The summed E-state index contributed by atoms with van der Waals surface area (Å²) in [5.74, 6) is 0. The van der Waals surface area contributed by atoms with Gasteiger partial charge in [0.1, 0.15) is 0 Å². The fourth-order valence-electron chi connectivity index (χ4n) is 2.50. The molecule has 1 aromatic heterocycles. The molecule has 0 aliphatic carbocycles. The summed E-state index contributed by atoms with van der Waals surface area (Å²) < 4.78 is 5.73. The molecule has 4 heteroatoms. The van der Waals surface area contributed by atoms with Gasteiger partial charge in [-0.05, 0) is 49.2 Å². The molecule has 0 spiro atoms. The number of nitrogens with one attached hydrogen (secondary N) is 1. The van der Waals surface area contributed by atoms with Crippen molar-refractivity contribution in [2.75, 3.05) is 32.7 Å². The van der Waals surface area contributed by atoms with Gasteiger partial charge in [-0.15, -0.1) is 0 Å².